The van der Waals surface area contributed by atoms with Crippen LogP contribution in [0.25, 0.3) is 16.9 Å². The molecule has 0 radical (unpaired) electrons. The van der Waals surface area contributed by atoms with Gasteiger partial charge < -0.3 is 9.84 Å². The number of ether oxygens (including phenoxy) is 1. The third-order valence-corrected chi connectivity index (χ3v) is 3.64. The van der Waals surface area contributed by atoms with Gasteiger partial charge in [-0.3, -0.25) is 4.40 Å². The van der Waals surface area contributed by atoms with Crippen molar-refractivity contribution in [3.05, 3.63) is 53.9 Å². The number of hydrogen-bond acceptors (Lipinski definition) is 3. The Labute approximate surface area is 134 Å². The molecule has 5 heteroatoms. The number of benzene rings is 1. The lowest BCUT2D eigenvalue weighted by Crippen LogP contribution is -2.05. The number of fused-ring (bicyclic) bond motifs is 1. The zero-order valence-corrected chi connectivity index (χ0v) is 13.1. The molecule has 0 saturated heterocycles. The number of carboxylic acids is 1. The molecule has 2 aromatic heterocycles. The molecule has 0 aliphatic carbocycles. The summed E-state index contributed by atoms with van der Waals surface area (Å²) in [5.41, 5.74) is 2.87. The van der Waals surface area contributed by atoms with Gasteiger partial charge in [0, 0.05) is 11.3 Å². The van der Waals surface area contributed by atoms with Gasteiger partial charge in [0.25, 0.3) is 0 Å². The van der Waals surface area contributed by atoms with Gasteiger partial charge in [-0.1, -0.05) is 13.0 Å². The van der Waals surface area contributed by atoms with E-state index in [4.69, 9.17) is 4.74 Å². The van der Waals surface area contributed by atoms with E-state index >= 15 is 0 Å². The molecule has 0 unspecified atom stereocenters. The van der Waals surface area contributed by atoms with Crippen molar-refractivity contribution in [2.24, 2.45) is 0 Å². The minimum absolute atomic E-state index is 0.181. The molecular formula is C18H18N2O3. The Morgan fingerprint density at radius 1 is 1.22 bits per heavy atom. The minimum atomic E-state index is -0.992. The van der Waals surface area contributed by atoms with Crippen molar-refractivity contribution in [1.29, 1.82) is 0 Å². The molecule has 3 rings (SSSR count). The number of carboxylic acid groups (broad SMARTS) is 1. The first-order chi connectivity index (χ1) is 11.1. The molecule has 1 N–H and O–H groups in total. The van der Waals surface area contributed by atoms with Gasteiger partial charge >= 0.3 is 5.97 Å². The van der Waals surface area contributed by atoms with E-state index in [1.54, 1.807) is 4.40 Å². The van der Waals surface area contributed by atoms with E-state index in [0.717, 1.165) is 23.4 Å². The number of nitrogens with zero attached hydrogens (tertiary/aromatic N) is 2. The Morgan fingerprint density at radius 2 is 1.96 bits per heavy atom. The molecule has 23 heavy (non-hydrogen) atoms. The summed E-state index contributed by atoms with van der Waals surface area (Å²) in [7, 11) is 0. The molecule has 118 valence electrons. The molecule has 0 bridgehead atoms. The fourth-order valence-corrected chi connectivity index (χ4v) is 2.58. The number of pyridine rings is 1. The molecule has 0 atom stereocenters. The van der Waals surface area contributed by atoms with Crippen LogP contribution >= 0.6 is 0 Å². The van der Waals surface area contributed by atoms with E-state index < -0.39 is 5.97 Å². The van der Waals surface area contributed by atoms with E-state index in [0.29, 0.717) is 17.9 Å². The second-order valence-corrected chi connectivity index (χ2v) is 5.35. The van der Waals surface area contributed by atoms with Crippen LogP contribution in [0.2, 0.25) is 0 Å². The summed E-state index contributed by atoms with van der Waals surface area (Å²) in [4.78, 5) is 16.2. The number of hydrogen-bond donors (Lipinski definition) is 1. The number of imidazole rings is 1. The molecule has 1 aromatic carbocycles. The molecule has 0 fully saturated rings. The maximum absolute atomic E-state index is 11.7. The van der Waals surface area contributed by atoms with Crippen molar-refractivity contribution in [3.8, 4) is 17.0 Å². The van der Waals surface area contributed by atoms with Crippen molar-refractivity contribution in [1.82, 2.24) is 9.38 Å². The van der Waals surface area contributed by atoms with Gasteiger partial charge in [-0.05, 0) is 49.7 Å². The molecule has 2 heterocycles. The van der Waals surface area contributed by atoms with Crippen LogP contribution in [-0.2, 0) is 0 Å². The normalized spacial score (nSPS) is 10.9. The molecule has 0 spiro atoms. The van der Waals surface area contributed by atoms with Gasteiger partial charge in [-0.25, -0.2) is 9.78 Å². The third kappa shape index (κ3) is 2.77. The summed E-state index contributed by atoms with van der Waals surface area (Å²) in [6, 6.07) is 12.9. The lowest BCUT2D eigenvalue weighted by Gasteiger charge is -2.06. The lowest BCUT2D eigenvalue weighted by molar-refractivity contribution is 0.0690. The number of aromatic nitrogens is 2. The Kier molecular flexibility index (Phi) is 4.02. The van der Waals surface area contributed by atoms with Gasteiger partial charge in [0.05, 0.1) is 6.61 Å². The van der Waals surface area contributed by atoms with Crippen LogP contribution in [0, 0.1) is 6.92 Å². The predicted octanol–water partition coefficient (Wildman–Crippen LogP) is 3.80. The number of carbonyl (C=O) groups is 1. The topological polar surface area (TPSA) is 63.8 Å². The van der Waals surface area contributed by atoms with Crippen molar-refractivity contribution < 1.29 is 14.6 Å². The average Bonchev–Trinajstić information content (AvgIpc) is 2.94. The first-order valence-corrected chi connectivity index (χ1v) is 7.56. The largest absolute Gasteiger partial charge is 0.494 e. The quantitative estimate of drug-likeness (QED) is 0.778. The first-order valence-electron chi connectivity index (χ1n) is 7.56. The standard InChI is InChI=1S/C18H18N2O3/c1-3-11-23-14-9-7-13(8-10-14)16-17(18(21)22)20-12(2)5-4-6-15(20)19-16/h4-10H,3,11H2,1-2H3,(H,21,22). The van der Waals surface area contributed by atoms with Crippen molar-refractivity contribution in [2.45, 2.75) is 20.3 Å². The summed E-state index contributed by atoms with van der Waals surface area (Å²) >= 11 is 0. The van der Waals surface area contributed by atoms with E-state index in [1.807, 2.05) is 56.3 Å². The van der Waals surface area contributed by atoms with Gasteiger partial charge in [-0.15, -0.1) is 0 Å². The highest BCUT2D eigenvalue weighted by Gasteiger charge is 2.20. The Morgan fingerprint density at radius 3 is 2.61 bits per heavy atom. The maximum Gasteiger partial charge on any atom is 0.355 e. The fraction of sp³-hybridized carbons (Fsp3) is 0.222. The average molecular weight is 310 g/mol. The second kappa shape index (κ2) is 6.12. The molecule has 0 aliphatic heterocycles. The van der Waals surface area contributed by atoms with Gasteiger partial charge in [0.15, 0.2) is 5.69 Å². The van der Waals surface area contributed by atoms with Gasteiger partial charge in [-0.2, -0.15) is 0 Å². The lowest BCUT2D eigenvalue weighted by atomic mass is 10.1. The smallest absolute Gasteiger partial charge is 0.355 e. The minimum Gasteiger partial charge on any atom is -0.494 e. The van der Waals surface area contributed by atoms with Crippen LogP contribution in [-0.4, -0.2) is 27.1 Å². The zero-order chi connectivity index (χ0) is 16.4. The highest BCUT2D eigenvalue weighted by atomic mass is 16.5. The van der Waals surface area contributed by atoms with E-state index in [2.05, 4.69) is 4.98 Å². The third-order valence-electron chi connectivity index (χ3n) is 3.64. The van der Waals surface area contributed by atoms with Crippen LogP contribution in [0.15, 0.2) is 42.5 Å². The van der Waals surface area contributed by atoms with Crippen LogP contribution in [0.3, 0.4) is 0 Å². The summed E-state index contributed by atoms with van der Waals surface area (Å²) in [6.45, 7) is 4.58. The van der Waals surface area contributed by atoms with Crippen LogP contribution in [0.1, 0.15) is 29.5 Å². The summed E-state index contributed by atoms with van der Waals surface area (Å²) in [5.74, 6) is -0.222. The highest BCUT2D eigenvalue weighted by Crippen LogP contribution is 2.27. The monoisotopic (exact) mass is 310 g/mol. The summed E-state index contributed by atoms with van der Waals surface area (Å²) in [5, 5.41) is 9.62. The fourth-order valence-electron chi connectivity index (χ4n) is 2.58. The first kappa shape index (κ1) is 15.1. The molecule has 0 amide bonds. The van der Waals surface area contributed by atoms with E-state index in [-0.39, 0.29) is 5.69 Å². The van der Waals surface area contributed by atoms with Gasteiger partial charge in [0.2, 0.25) is 0 Å². The van der Waals surface area contributed by atoms with Crippen molar-refractivity contribution >= 4 is 11.6 Å². The molecule has 0 aliphatic rings. The summed E-state index contributed by atoms with van der Waals surface area (Å²) < 4.78 is 7.23. The number of rotatable bonds is 5. The zero-order valence-electron chi connectivity index (χ0n) is 13.1. The second-order valence-electron chi connectivity index (χ2n) is 5.35. The number of aromatic carboxylic acids is 1. The molecule has 0 saturated carbocycles. The highest BCUT2D eigenvalue weighted by molar-refractivity contribution is 5.95. The van der Waals surface area contributed by atoms with Gasteiger partial charge in [0.1, 0.15) is 17.1 Å². The SMILES string of the molecule is CCCOc1ccc(-c2nc3cccc(C)n3c2C(=O)O)cc1. The summed E-state index contributed by atoms with van der Waals surface area (Å²) in [6.07, 6.45) is 0.941. The Bertz CT molecular complexity index is 851. The Hall–Kier alpha value is -2.82. The Balaban J connectivity index is 2.10. The van der Waals surface area contributed by atoms with Crippen LogP contribution in [0.5, 0.6) is 5.75 Å². The maximum atomic E-state index is 11.7. The number of aryl methyl sites for hydroxylation is 1. The van der Waals surface area contributed by atoms with Crippen LogP contribution < -0.4 is 4.74 Å². The van der Waals surface area contributed by atoms with E-state index in [1.165, 1.54) is 0 Å². The van der Waals surface area contributed by atoms with Crippen LogP contribution in [0.4, 0.5) is 0 Å². The predicted molar refractivity (Wildman–Crippen MR) is 88.1 cm³/mol. The molecular weight excluding hydrogens is 292 g/mol. The molecule has 3 aromatic rings. The molecule has 5 nitrogen and oxygen atoms in total. The van der Waals surface area contributed by atoms with Crippen molar-refractivity contribution in [3.63, 3.8) is 0 Å². The van der Waals surface area contributed by atoms with Crippen molar-refractivity contribution in [2.75, 3.05) is 6.61 Å². The van der Waals surface area contributed by atoms with E-state index in [9.17, 15) is 9.90 Å².